The first-order chi connectivity index (χ1) is 8.18. The number of phenols is 1. The van der Waals surface area contributed by atoms with E-state index in [-0.39, 0.29) is 5.75 Å². The minimum atomic E-state index is 0.0849. The molecular weight excluding hydrogens is 259 g/mol. The van der Waals surface area contributed by atoms with E-state index in [1.54, 1.807) is 30.5 Å². The van der Waals surface area contributed by atoms with E-state index in [0.717, 1.165) is 0 Å². The quantitative estimate of drug-likeness (QED) is 0.835. The molecule has 88 valence electrons. The summed E-state index contributed by atoms with van der Waals surface area (Å²) in [5.74, 6) is 0.0849. The van der Waals surface area contributed by atoms with E-state index in [1.165, 1.54) is 0 Å². The average molecular weight is 269 g/mol. The predicted octanol–water partition coefficient (Wildman–Crippen LogP) is 3.71. The van der Waals surface area contributed by atoms with Crippen molar-refractivity contribution in [1.29, 1.82) is 0 Å². The van der Waals surface area contributed by atoms with Crippen molar-refractivity contribution >= 4 is 28.9 Å². The Hall–Kier alpha value is -1.45. The second-order valence-electron chi connectivity index (χ2n) is 3.44. The van der Waals surface area contributed by atoms with Gasteiger partial charge in [0.25, 0.3) is 0 Å². The molecule has 0 aliphatic heterocycles. The number of nitrogens with zero attached hydrogens (tertiary/aromatic N) is 1. The van der Waals surface area contributed by atoms with Gasteiger partial charge in [-0.1, -0.05) is 35.3 Å². The van der Waals surface area contributed by atoms with Crippen LogP contribution in [0, 0.1) is 0 Å². The summed E-state index contributed by atoms with van der Waals surface area (Å²) in [6, 6.07) is 8.81. The molecule has 0 atom stereocenters. The number of pyridine rings is 1. The van der Waals surface area contributed by atoms with Crippen molar-refractivity contribution in [2.75, 3.05) is 5.32 Å². The molecule has 0 saturated heterocycles. The van der Waals surface area contributed by atoms with Crippen LogP contribution in [0.4, 0.5) is 5.69 Å². The number of phenolic OH excluding ortho intramolecular Hbond substituents is 1. The minimum absolute atomic E-state index is 0.0849. The Kier molecular flexibility index (Phi) is 3.71. The van der Waals surface area contributed by atoms with E-state index >= 15 is 0 Å². The number of aromatic nitrogens is 1. The largest absolute Gasteiger partial charge is 0.506 e. The van der Waals surface area contributed by atoms with Gasteiger partial charge in [0.15, 0.2) is 5.15 Å². The molecule has 0 fully saturated rings. The summed E-state index contributed by atoms with van der Waals surface area (Å²) in [7, 11) is 0. The third kappa shape index (κ3) is 2.81. The van der Waals surface area contributed by atoms with Gasteiger partial charge in [0.1, 0.15) is 5.75 Å². The number of hydrogen-bond donors (Lipinski definition) is 2. The van der Waals surface area contributed by atoms with Crippen molar-refractivity contribution in [3.05, 3.63) is 52.3 Å². The van der Waals surface area contributed by atoms with Crippen molar-refractivity contribution in [2.45, 2.75) is 6.54 Å². The number of anilines is 1. The van der Waals surface area contributed by atoms with Crippen LogP contribution >= 0.6 is 23.2 Å². The topological polar surface area (TPSA) is 45.1 Å². The van der Waals surface area contributed by atoms with Crippen LogP contribution in [0.15, 0.2) is 36.5 Å². The lowest BCUT2D eigenvalue weighted by Crippen LogP contribution is -2.00. The van der Waals surface area contributed by atoms with Gasteiger partial charge in [0.05, 0.1) is 10.7 Å². The lowest BCUT2D eigenvalue weighted by molar-refractivity contribution is 0.469. The third-order valence-corrected chi connectivity index (χ3v) is 2.90. The second kappa shape index (κ2) is 5.25. The Balaban J connectivity index is 2.13. The molecule has 0 aliphatic rings. The van der Waals surface area contributed by atoms with Crippen LogP contribution in [-0.4, -0.2) is 10.1 Å². The Morgan fingerprint density at radius 1 is 1.18 bits per heavy atom. The van der Waals surface area contributed by atoms with Gasteiger partial charge in [-0.25, -0.2) is 4.98 Å². The van der Waals surface area contributed by atoms with E-state index in [9.17, 15) is 5.11 Å². The van der Waals surface area contributed by atoms with Crippen molar-refractivity contribution in [3.8, 4) is 5.75 Å². The molecular formula is C12H10Cl2N2O. The first-order valence-electron chi connectivity index (χ1n) is 4.99. The van der Waals surface area contributed by atoms with Crippen molar-refractivity contribution in [1.82, 2.24) is 4.98 Å². The molecule has 0 amide bonds. The molecule has 3 nitrogen and oxygen atoms in total. The minimum Gasteiger partial charge on any atom is -0.506 e. The highest BCUT2D eigenvalue weighted by Crippen LogP contribution is 2.28. The third-order valence-electron chi connectivity index (χ3n) is 2.30. The normalized spacial score (nSPS) is 10.2. The van der Waals surface area contributed by atoms with Crippen LogP contribution in [0.1, 0.15) is 5.56 Å². The van der Waals surface area contributed by atoms with Crippen LogP contribution in [-0.2, 0) is 6.54 Å². The van der Waals surface area contributed by atoms with E-state index < -0.39 is 0 Å². The number of para-hydroxylation sites is 1. The highest BCUT2D eigenvalue weighted by molar-refractivity contribution is 6.32. The highest BCUT2D eigenvalue weighted by atomic mass is 35.5. The Labute approximate surface area is 109 Å². The summed E-state index contributed by atoms with van der Waals surface area (Å²) in [6.45, 7) is 0.428. The molecule has 2 N–H and O–H groups in total. The van der Waals surface area contributed by atoms with Crippen LogP contribution in [0.3, 0.4) is 0 Å². The maximum absolute atomic E-state index is 9.72. The zero-order chi connectivity index (χ0) is 12.3. The average Bonchev–Trinajstić information content (AvgIpc) is 2.33. The summed E-state index contributed by atoms with van der Waals surface area (Å²) < 4.78 is 0. The van der Waals surface area contributed by atoms with Crippen LogP contribution in [0.2, 0.25) is 10.2 Å². The Morgan fingerprint density at radius 2 is 2.00 bits per heavy atom. The molecule has 0 aliphatic carbocycles. The van der Waals surface area contributed by atoms with Gasteiger partial charge in [0, 0.05) is 18.3 Å². The molecule has 0 radical (unpaired) electrons. The van der Waals surface area contributed by atoms with Crippen LogP contribution in [0.5, 0.6) is 5.75 Å². The maximum Gasteiger partial charge on any atom is 0.152 e. The van der Waals surface area contributed by atoms with Gasteiger partial charge in [0.2, 0.25) is 0 Å². The van der Waals surface area contributed by atoms with E-state index in [4.69, 9.17) is 23.2 Å². The molecule has 1 heterocycles. The smallest absolute Gasteiger partial charge is 0.152 e. The Bertz CT molecular complexity index is 532. The molecule has 5 heteroatoms. The molecule has 2 aromatic rings. The van der Waals surface area contributed by atoms with E-state index in [2.05, 4.69) is 10.3 Å². The van der Waals surface area contributed by atoms with Gasteiger partial charge >= 0.3 is 0 Å². The molecule has 0 spiro atoms. The number of benzene rings is 1. The molecule has 0 bridgehead atoms. The summed E-state index contributed by atoms with van der Waals surface area (Å²) in [6.07, 6.45) is 1.62. The molecule has 0 unspecified atom stereocenters. The summed E-state index contributed by atoms with van der Waals surface area (Å²) in [5.41, 5.74) is 1.42. The number of hydrogen-bond acceptors (Lipinski definition) is 3. The lowest BCUT2D eigenvalue weighted by atomic mass is 10.2. The number of halogens is 2. The van der Waals surface area contributed by atoms with E-state index in [1.807, 2.05) is 6.07 Å². The molecule has 1 aromatic carbocycles. The van der Waals surface area contributed by atoms with E-state index in [0.29, 0.717) is 28.0 Å². The number of aromatic hydroxyl groups is 1. The fraction of sp³-hybridized carbons (Fsp3) is 0.0833. The van der Waals surface area contributed by atoms with Crippen molar-refractivity contribution in [3.63, 3.8) is 0 Å². The predicted molar refractivity (Wildman–Crippen MR) is 69.7 cm³/mol. The summed E-state index contributed by atoms with van der Waals surface area (Å²) in [4.78, 5) is 3.95. The maximum atomic E-state index is 9.72. The van der Waals surface area contributed by atoms with Crippen molar-refractivity contribution < 1.29 is 5.11 Å². The second-order valence-corrected chi connectivity index (χ2v) is 4.21. The summed E-state index contributed by atoms with van der Waals surface area (Å²) in [5, 5.41) is 13.5. The van der Waals surface area contributed by atoms with Crippen molar-refractivity contribution in [2.24, 2.45) is 0 Å². The van der Waals surface area contributed by atoms with Gasteiger partial charge in [-0.3, -0.25) is 0 Å². The molecule has 0 saturated carbocycles. The highest BCUT2D eigenvalue weighted by Gasteiger charge is 2.05. The van der Waals surface area contributed by atoms with Crippen LogP contribution < -0.4 is 5.32 Å². The molecule has 1 aromatic heterocycles. The molecule has 17 heavy (non-hydrogen) atoms. The fourth-order valence-corrected chi connectivity index (χ4v) is 1.79. The van der Waals surface area contributed by atoms with Gasteiger partial charge in [-0.05, 0) is 18.2 Å². The van der Waals surface area contributed by atoms with Crippen LogP contribution in [0.25, 0.3) is 0 Å². The first-order valence-corrected chi connectivity index (χ1v) is 5.75. The number of rotatable bonds is 3. The van der Waals surface area contributed by atoms with Gasteiger partial charge in [-0.15, -0.1) is 0 Å². The van der Waals surface area contributed by atoms with Gasteiger partial charge in [-0.2, -0.15) is 0 Å². The zero-order valence-electron chi connectivity index (χ0n) is 8.82. The fourth-order valence-electron chi connectivity index (χ4n) is 1.41. The monoisotopic (exact) mass is 268 g/mol. The first kappa shape index (κ1) is 12.0. The lowest BCUT2D eigenvalue weighted by Gasteiger charge is -2.09. The van der Waals surface area contributed by atoms with Gasteiger partial charge < -0.3 is 10.4 Å². The SMILES string of the molecule is Oc1c(Cl)cccc1CNc1cccnc1Cl. The Morgan fingerprint density at radius 3 is 2.76 bits per heavy atom. The molecule has 2 rings (SSSR count). The number of nitrogens with one attached hydrogen (secondary N) is 1. The summed E-state index contributed by atoms with van der Waals surface area (Å²) >= 11 is 11.7. The zero-order valence-corrected chi connectivity index (χ0v) is 10.3. The standard InChI is InChI=1S/C12H10Cl2N2O/c13-9-4-1-3-8(11(9)17)7-16-10-5-2-6-15-12(10)14/h1-6,16-17H,7H2.